The molecule has 13 heavy (non-hydrogen) atoms. The smallest absolute Gasteiger partial charge is 0.141 e. The van der Waals surface area contributed by atoms with Gasteiger partial charge in [0, 0.05) is 0 Å². The zero-order chi connectivity index (χ0) is 9.94. The molecule has 0 fully saturated rings. The minimum Gasteiger partial charge on any atom is -0.141 e. The van der Waals surface area contributed by atoms with E-state index in [1.54, 1.807) is 0 Å². The molecule has 0 nitrogen and oxygen atoms in total. The van der Waals surface area contributed by atoms with Gasteiger partial charge in [-0.25, -0.2) is 0 Å². The molecule has 0 spiro atoms. The zero-order valence-corrected chi connectivity index (χ0v) is 11.9. The van der Waals surface area contributed by atoms with Crippen molar-refractivity contribution in [1.29, 1.82) is 0 Å². The highest BCUT2D eigenvalue weighted by atomic mass is 24.4. The first-order valence-electron chi connectivity index (χ1n) is 6.31. The van der Waals surface area contributed by atoms with Gasteiger partial charge in [-0.3, -0.25) is 0 Å². The predicted molar refractivity (Wildman–Crippen MR) is 63.8 cm³/mol. The van der Waals surface area contributed by atoms with E-state index in [0.717, 1.165) is 4.05 Å². The van der Waals surface area contributed by atoms with Crippen molar-refractivity contribution in [1.82, 2.24) is 0 Å². The molecule has 0 radical (unpaired) electrons. The van der Waals surface area contributed by atoms with Crippen molar-refractivity contribution in [2.45, 2.75) is 75.7 Å². The van der Waals surface area contributed by atoms with Gasteiger partial charge < -0.3 is 0 Å². The van der Waals surface area contributed by atoms with E-state index >= 15 is 0 Å². The van der Waals surface area contributed by atoms with E-state index in [-0.39, 0.29) is 0 Å². The van der Waals surface area contributed by atoms with E-state index in [9.17, 15) is 0 Å². The van der Waals surface area contributed by atoms with Crippen LogP contribution < -0.4 is 0 Å². The van der Waals surface area contributed by atoms with Crippen molar-refractivity contribution < 1.29 is 0 Å². The quantitative estimate of drug-likeness (QED) is 0.381. The molecular weight excluding hydrogens is 168 g/mol. The summed E-state index contributed by atoms with van der Waals surface area (Å²) in [5, 5.41) is 0. The highest BCUT2D eigenvalue weighted by Crippen LogP contribution is 2.18. The lowest BCUT2D eigenvalue weighted by Gasteiger charge is -2.09. The summed E-state index contributed by atoms with van der Waals surface area (Å²) < 4.78 is 1.11. The third kappa shape index (κ3) is 10.7. The molecule has 1 atom stereocenters. The third-order valence-electron chi connectivity index (χ3n) is 2.83. The maximum Gasteiger partial charge on any atom is 0.344 e. The average Bonchev–Trinajstić information content (AvgIpc) is 2.11. The summed E-state index contributed by atoms with van der Waals surface area (Å²) in [4.78, 5) is 0. The molecule has 0 aliphatic heterocycles. The lowest BCUT2D eigenvalue weighted by atomic mass is 10.1. The maximum atomic E-state index is 2.31. The fourth-order valence-electron chi connectivity index (χ4n) is 1.91. The van der Waals surface area contributed by atoms with Crippen molar-refractivity contribution in [3.05, 3.63) is 0 Å². The van der Waals surface area contributed by atoms with Crippen LogP contribution in [0, 0.1) is 0 Å². The molecule has 0 saturated heterocycles. The Morgan fingerprint density at radius 2 is 1.38 bits per heavy atom. The van der Waals surface area contributed by atoms with Gasteiger partial charge in [0.05, 0.1) is 0 Å². The molecule has 0 rings (SSSR count). The molecule has 1 unspecified atom stereocenters. The van der Waals surface area contributed by atoms with Gasteiger partial charge in [0.25, 0.3) is 0 Å². The fraction of sp³-hybridized carbons (Fsp3) is 1.00. The lowest BCUT2D eigenvalue weighted by Crippen LogP contribution is -1.91. The third-order valence-corrected chi connectivity index (χ3v) is 3.99. The van der Waals surface area contributed by atoms with Crippen LogP contribution in [0.1, 0.15) is 71.6 Å². The summed E-state index contributed by atoms with van der Waals surface area (Å²) in [7, 11) is 0. The van der Waals surface area contributed by atoms with Crippen LogP contribution in [-0.4, -0.2) is 21.7 Å². The van der Waals surface area contributed by atoms with Crippen LogP contribution in [-0.2, 0) is 0 Å². The second kappa shape index (κ2) is 10.8. The normalized spacial score (nSPS) is 13.0. The van der Waals surface area contributed by atoms with E-state index in [1.165, 1.54) is 79.5 Å². The number of hydrogen-bond donors (Lipinski definition) is 0. The van der Waals surface area contributed by atoms with Crippen LogP contribution in [0.2, 0.25) is 4.05 Å². The number of rotatable bonds is 9. The first-order chi connectivity index (χ1) is 6.31. The van der Waals surface area contributed by atoms with Crippen molar-refractivity contribution in [3.63, 3.8) is 0 Å². The molecule has 0 amide bonds. The van der Waals surface area contributed by atoms with Gasteiger partial charge >= 0.3 is 21.7 Å². The van der Waals surface area contributed by atoms with E-state index in [0.29, 0.717) is 0 Å². The topological polar surface area (TPSA) is 0 Å². The van der Waals surface area contributed by atoms with Crippen LogP contribution in [0.25, 0.3) is 0 Å². The summed E-state index contributed by atoms with van der Waals surface area (Å²) in [5.74, 6) is 0. The summed E-state index contributed by atoms with van der Waals surface area (Å²) in [6, 6.07) is 0. The molecule has 0 aromatic rings. The van der Waals surface area contributed by atoms with Gasteiger partial charge in [-0.05, 0) is 0 Å². The van der Waals surface area contributed by atoms with E-state index < -0.39 is 0 Å². The number of hydrogen-bond acceptors (Lipinski definition) is 0. The van der Waals surface area contributed by atoms with E-state index in [4.69, 9.17) is 0 Å². The Morgan fingerprint density at radius 1 is 0.769 bits per heavy atom. The molecular formula is C12H26Mg. The zero-order valence-electron chi connectivity index (χ0n) is 9.94. The Kier molecular flexibility index (Phi) is 11.5. The van der Waals surface area contributed by atoms with Gasteiger partial charge in [0.1, 0.15) is 0 Å². The molecule has 0 aliphatic rings. The van der Waals surface area contributed by atoms with Crippen molar-refractivity contribution in [3.8, 4) is 0 Å². The van der Waals surface area contributed by atoms with Gasteiger partial charge in [0.15, 0.2) is 0 Å². The number of unbranched alkanes of at least 4 members (excludes halogenated alkanes) is 5. The summed E-state index contributed by atoms with van der Waals surface area (Å²) >= 11 is 1.42. The van der Waals surface area contributed by atoms with Gasteiger partial charge in [-0.1, -0.05) is 71.6 Å². The second-order valence-corrected chi connectivity index (χ2v) is 6.08. The molecule has 0 heterocycles. The Labute approximate surface area is 97.3 Å². The Morgan fingerprint density at radius 3 is 2.00 bits per heavy atom. The van der Waals surface area contributed by atoms with Gasteiger partial charge in [-0.15, -0.1) is 4.05 Å². The molecule has 0 bridgehead atoms. The predicted octanol–water partition coefficient (Wildman–Crippen LogP) is 4.23. The molecule has 0 saturated carbocycles. The lowest BCUT2D eigenvalue weighted by molar-refractivity contribution is 0.562. The molecule has 0 aliphatic carbocycles. The SMILES string of the molecule is CCCCCCCC[CH]([MgH])CCC. The first kappa shape index (κ1) is 13.8. The van der Waals surface area contributed by atoms with E-state index in [2.05, 4.69) is 13.8 Å². The maximum absolute atomic E-state index is 2.31. The summed E-state index contributed by atoms with van der Waals surface area (Å²) in [6.07, 6.45) is 13.2. The first-order valence-corrected chi connectivity index (χ1v) is 7.46. The second-order valence-electron chi connectivity index (χ2n) is 4.45. The van der Waals surface area contributed by atoms with Crippen molar-refractivity contribution in [2.75, 3.05) is 0 Å². The molecule has 76 valence electrons. The Balaban J connectivity index is 2.97. The minimum absolute atomic E-state index is 1.11. The van der Waals surface area contributed by atoms with Crippen LogP contribution >= 0.6 is 0 Å². The minimum atomic E-state index is 1.11. The molecule has 0 aromatic carbocycles. The highest BCUT2D eigenvalue weighted by molar-refractivity contribution is 6.11. The molecule has 1 heteroatoms. The van der Waals surface area contributed by atoms with Crippen molar-refractivity contribution >= 4 is 21.7 Å². The van der Waals surface area contributed by atoms with Gasteiger partial charge in [0.2, 0.25) is 0 Å². The Hall–Kier alpha value is 0.766. The highest BCUT2D eigenvalue weighted by Gasteiger charge is 1.99. The largest absolute Gasteiger partial charge is 0.344 e. The Bertz CT molecular complexity index is 91.1. The molecule has 0 N–H and O–H groups in total. The van der Waals surface area contributed by atoms with Crippen LogP contribution in [0.5, 0.6) is 0 Å². The van der Waals surface area contributed by atoms with Gasteiger partial charge in [-0.2, -0.15) is 0 Å². The van der Waals surface area contributed by atoms with Crippen LogP contribution in [0.4, 0.5) is 0 Å². The average molecular weight is 195 g/mol. The summed E-state index contributed by atoms with van der Waals surface area (Å²) in [6.45, 7) is 4.60. The van der Waals surface area contributed by atoms with Crippen LogP contribution in [0.15, 0.2) is 0 Å². The fourth-order valence-corrected chi connectivity index (χ4v) is 2.90. The van der Waals surface area contributed by atoms with E-state index in [1.807, 2.05) is 0 Å². The van der Waals surface area contributed by atoms with Crippen molar-refractivity contribution in [2.24, 2.45) is 0 Å². The summed E-state index contributed by atoms with van der Waals surface area (Å²) in [5.41, 5.74) is 0. The standard InChI is InChI=1S/C12H25.Mg.H/c1-3-5-7-9-11-12-10-8-6-4-2;;/h7H,3-6,8-12H2,1-2H3;;. The van der Waals surface area contributed by atoms with Crippen LogP contribution in [0.3, 0.4) is 0 Å². The monoisotopic (exact) mass is 194 g/mol. The molecule has 0 aromatic heterocycles.